The van der Waals surface area contributed by atoms with Gasteiger partial charge in [0.2, 0.25) is 5.91 Å². The summed E-state index contributed by atoms with van der Waals surface area (Å²) in [7, 11) is 1.30. The molecule has 4 heterocycles. The number of carbonyl (C=O) groups excluding carboxylic acids is 3. The molecule has 0 aliphatic carbocycles. The molecule has 3 atom stereocenters. The first-order chi connectivity index (χ1) is 27.1. The van der Waals surface area contributed by atoms with Crippen molar-refractivity contribution in [2.75, 3.05) is 20.2 Å². The third-order valence-corrected chi connectivity index (χ3v) is 11.7. The van der Waals surface area contributed by atoms with Gasteiger partial charge >= 0.3 is 12.2 Å². The van der Waals surface area contributed by atoms with Crippen molar-refractivity contribution >= 4 is 18.1 Å². The third-order valence-electron chi connectivity index (χ3n) is 11.7. The molecule has 6 rings (SSSR count). The van der Waals surface area contributed by atoms with E-state index in [1.807, 2.05) is 56.8 Å². The van der Waals surface area contributed by atoms with Gasteiger partial charge in [0.05, 0.1) is 36.9 Å². The SMILES string of the molecule is COC(=O)NC(C(=O)N1CCC[C@H]1c1ncc(-c2ccc(-c3ccc(-c4cnc([C@@]5(C(C)(C)C)CCCN5C(=O)OC(C)(C)C)[nH]4)cc3)c(C(C)(C)C)c2)[nH]1)C(C)C. The Kier molecular flexibility index (Phi) is 11.6. The molecule has 2 aliphatic heterocycles. The van der Waals surface area contributed by atoms with Crippen LogP contribution < -0.4 is 5.32 Å². The van der Waals surface area contributed by atoms with E-state index in [1.54, 1.807) is 0 Å². The van der Waals surface area contributed by atoms with Gasteiger partial charge in [0.15, 0.2) is 0 Å². The Balaban J connectivity index is 1.25. The minimum Gasteiger partial charge on any atom is -0.453 e. The van der Waals surface area contributed by atoms with Crippen molar-refractivity contribution < 1.29 is 23.9 Å². The Labute approximate surface area is 343 Å². The number of imidazole rings is 2. The number of nitrogens with one attached hydrogen (secondary N) is 3. The molecule has 2 aliphatic rings. The predicted molar refractivity (Wildman–Crippen MR) is 227 cm³/mol. The second-order valence-corrected chi connectivity index (χ2v) is 19.3. The number of benzene rings is 2. The lowest BCUT2D eigenvalue weighted by molar-refractivity contribution is -0.135. The molecule has 1 unspecified atom stereocenters. The molecule has 2 aromatic carbocycles. The number of H-pyrrole nitrogens is 2. The summed E-state index contributed by atoms with van der Waals surface area (Å²) in [6.07, 6.45) is 6.09. The molecule has 0 bridgehead atoms. The number of ether oxygens (including phenoxy) is 2. The molecule has 2 fully saturated rings. The van der Waals surface area contributed by atoms with E-state index >= 15 is 0 Å². The lowest BCUT2D eigenvalue weighted by Gasteiger charge is -2.46. The summed E-state index contributed by atoms with van der Waals surface area (Å²) in [6.45, 7) is 23.9. The average molecular weight is 794 g/mol. The molecule has 58 heavy (non-hydrogen) atoms. The summed E-state index contributed by atoms with van der Waals surface area (Å²) >= 11 is 0. The minimum atomic E-state index is -0.690. The fraction of sp³-hybridized carbons (Fsp3) is 0.543. The number of methoxy groups -OCH3 is 1. The van der Waals surface area contributed by atoms with Gasteiger partial charge in [0.25, 0.3) is 0 Å². The Bertz CT molecular complexity index is 2110. The van der Waals surface area contributed by atoms with E-state index in [1.165, 1.54) is 12.7 Å². The van der Waals surface area contributed by atoms with Gasteiger partial charge in [-0.3, -0.25) is 9.69 Å². The highest BCUT2D eigenvalue weighted by Gasteiger charge is 2.56. The zero-order valence-electron chi connectivity index (χ0n) is 36.5. The monoisotopic (exact) mass is 793 g/mol. The van der Waals surface area contributed by atoms with Gasteiger partial charge in [0, 0.05) is 13.1 Å². The zero-order chi connectivity index (χ0) is 42.4. The smallest absolute Gasteiger partial charge is 0.411 e. The van der Waals surface area contributed by atoms with Gasteiger partial charge in [-0.25, -0.2) is 19.6 Å². The molecule has 3 amide bonds. The number of likely N-dealkylation sites (tertiary alicyclic amines) is 2. The Hall–Kier alpha value is -5.13. The van der Waals surface area contributed by atoms with Crippen LogP contribution in [0.2, 0.25) is 0 Å². The molecule has 3 N–H and O–H groups in total. The lowest BCUT2D eigenvalue weighted by Crippen LogP contribution is -2.54. The van der Waals surface area contributed by atoms with Crippen LogP contribution >= 0.6 is 0 Å². The van der Waals surface area contributed by atoms with E-state index in [9.17, 15) is 14.4 Å². The van der Waals surface area contributed by atoms with Crippen LogP contribution in [-0.4, -0.2) is 79.7 Å². The van der Waals surface area contributed by atoms with Crippen molar-refractivity contribution in [3.05, 3.63) is 72.1 Å². The maximum Gasteiger partial charge on any atom is 0.411 e. The average Bonchev–Trinajstić information content (AvgIpc) is 3.98. The van der Waals surface area contributed by atoms with Crippen LogP contribution in [0.25, 0.3) is 33.6 Å². The Morgan fingerprint density at radius 3 is 2.10 bits per heavy atom. The van der Waals surface area contributed by atoms with Crippen LogP contribution in [0.3, 0.4) is 0 Å². The molecule has 2 aromatic heterocycles. The summed E-state index contributed by atoms with van der Waals surface area (Å²) in [6, 6.07) is 14.2. The fourth-order valence-electron chi connectivity index (χ4n) is 8.70. The van der Waals surface area contributed by atoms with Gasteiger partial charge in [-0.1, -0.05) is 91.8 Å². The highest BCUT2D eigenvalue weighted by atomic mass is 16.6. The number of hydrogen-bond acceptors (Lipinski definition) is 7. The Morgan fingerprint density at radius 1 is 0.845 bits per heavy atom. The molecule has 0 radical (unpaired) electrons. The first kappa shape index (κ1) is 42.5. The summed E-state index contributed by atoms with van der Waals surface area (Å²) in [5.74, 6) is 1.27. The highest BCUT2D eigenvalue weighted by molar-refractivity contribution is 5.86. The zero-order valence-corrected chi connectivity index (χ0v) is 36.5. The standard InChI is InChI=1S/C46H63N7O5/c1-28(2)37(51-41(55)57-12)39(54)52-23-13-15-36(52)38-47-26-35(49-38)31-20-21-32(33(25-31)43(3,4)5)29-16-18-30(19-17-29)34-27-48-40(50-34)46(44(6,7)8)22-14-24-53(46)42(56)58-45(9,10)11/h16-21,25-28,36-37H,13-15,22-24H2,1-12H3,(H,47,49)(H,48,50)(H,51,55)/t36-,37?,46+/m0/s1. The summed E-state index contributed by atoms with van der Waals surface area (Å²) in [5.41, 5.74) is 5.53. The van der Waals surface area contributed by atoms with Gasteiger partial charge in [0.1, 0.15) is 28.8 Å². The van der Waals surface area contributed by atoms with Gasteiger partial charge in [-0.2, -0.15) is 0 Å². The number of hydrogen-bond donors (Lipinski definition) is 3. The Morgan fingerprint density at radius 2 is 1.48 bits per heavy atom. The van der Waals surface area contributed by atoms with Crippen molar-refractivity contribution in [2.24, 2.45) is 11.3 Å². The van der Waals surface area contributed by atoms with Crippen LogP contribution in [0.4, 0.5) is 9.59 Å². The normalized spacial score (nSPS) is 19.4. The van der Waals surface area contributed by atoms with E-state index in [2.05, 4.69) is 99.3 Å². The van der Waals surface area contributed by atoms with Crippen LogP contribution in [0, 0.1) is 11.3 Å². The van der Waals surface area contributed by atoms with Crippen molar-refractivity contribution in [1.29, 1.82) is 0 Å². The summed E-state index contributed by atoms with van der Waals surface area (Å²) in [5, 5.41) is 2.72. The maximum absolute atomic E-state index is 13.7. The van der Waals surface area contributed by atoms with E-state index < -0.39 is 23.3 Å². The van der Waals surface area contributed by atoms with Crippen LogP contribution in [0.15, 0.2) is 54.9 Å². The predicted octanol–water partition coefficient (Wildman–Crippen LogP) is 9.75. The largest absolute Gasteiger partial charge is 0.453 e. The van der Waals surface area contributed by atoms with E-state index in [0.717, 1.165) is 71.0 Å². The second kappa shape index (κ2) is 15.9. The number of rotatable bonds is 8. The lowest BCUT2D eigenvalue weighted by atomic mass is 9.71. The molecule has 12 heteroatoms. The molecule has 0 spiro atoms. The molecule has 4 aromatic rings. The first-order valence-electron chi connectivity index (χ1n) is 20.7. The number of aromatic nitrogens is 4. The number of amides is 3. The molecule has 0 saturated carbocycles. The molecule has 312 valence electrons. The van der Waals surface area contributed by atoms with Gasteiger partial charge < -0.3 is 29.7 Å². The quantitative estimate of drug-likeness (QED) is 0.161. The number of alkyl carbamates (subject to hydrolysis) is 1. The fourth-order valence-corrected chi connectivity index (χ4v) is 8.70. The number of carbonyl (C=O) groups is 3. The summed E-state index contributed by atoms with van der Waals surface area (Å²) in [4.78, 5) is 59.8. The molecule has 12 nitrogen and oxygen atoms in total. The van der Waals surface area contributed by atoms with Gasteiger partial charge in [-0.05, 0) is 97.1 Å². The van der Waals surface area contributed by atoms with Crippen molar-refractivity contribution in [3.63, 3.8) is 0 Å². The maximum atomic E-state index is 13.7. The van der Waals surface area contributed by atoms with Crippen LogP contribution in [-0.2, 0) is 25.2 Å². The van der Waals surface area contributed by atoms with Gasteiger partial charge in [-0.15, -0.1) is 0 Å². The minimum absolute atomic E-state index is 0.106. The van der Waals surface area contributed by atoms with E-state index in [-0.39, 0.29) is 34.8 Å². The van der Waals surface area contributed by atoms with Crippen LogP contribution in [0.1, 0.15) is 125 Å². The molecular formula is C46H63N7O5. The van der Waals surface area contributed by atoms with Crippen LogP contribution in [0.5, 0.6) is 0 Å². The highest BCUT2D eigenvalue weighted by Crippen LogP contribution is 2.51. The number of aromatic amines is 2. The van der Waals surface area contributed by atoms with Crippen molar-refractivity contribution in [3.8, 4) is 33.6 Å². The topological polar surface area (TPSA) is 146 Å². The van der Waals surface area contributed by atoms with E-state index in [0.29, 0.717) is 13.1 Å². The molecular weight excluding hydrogens is 731 g/mol. The first-order valence-corrected chi connectivity index (χ1v) is 20.7. The van der Waals surface area contributed by atoms with Crippen molar-refractivity contribution in [1.82, 2.24) is 35.1 Å². The molecule has 2 saturated heterocycles. The summed E-state index contributed by atoms with van der Waals surface area (Å²) < 4.78 is 10.7. The van der Waals surface area contributed by atoms with Crippen molar-refractivity contribution in [2.45, 2.75) is 130 Å². The third kappa shape index (κ3) is 8.38. The second-order valence-electron chi connectivity index (χ2n) is 19.3. The number of nitrogens with zero attached hydrogens (tertiary/aromatic N) is 4. The van der Waals surface area contributed by atoms with E-state index in [4.69, 9.17) is 19.4 Å².